The van der Waals surface area contributed by atoms with Crippen molar-refractivity contribution in [1.82, 2.24) is 4.98 Å². The maximum atomic E-state index is 13.1. The van der Waals surface area contributed by atoms with Crippen LogP contribution in [0, 0.1) is 0 Å². The SMILES string of the molecule is CCN(C(=O)c1cc2c(NC(=O)CCl)cccc2[nH]c1=O)c1ccc(Br)cc1. The molecule has 0 aliphatic carbocycles. The smallest absolute Gasteiger partial charge is 0.263 e. The molecular weight excluding hydrogens is 446 g/mol. The fraction of sp³-hybridized carbons (Fsp3) is 0.150. The fourth-order valence-corrected chi connectivity index (χ4v) is 3.22. The van der Waals surface area contributed by atoms with Crippen LogP contribution in [0.1, 0.15) is 17.3 Å². The Kier molecular flexibility index (Phi) is 6.16. The summed E-state index contributed by atoms with van der Waals surface area (Å²) in [5.41, 5.74) is 1.17. The number of hydrogen-bond acceptors (Lipinski definition) is 3. The van der Waals surface area contributed by atoms with E-state index in [0.717, 1.165) is 4.47 Å². The number of fused-ring (bicyclic) bond motifs is 1. The van der Waals surface area contributed by atoms with Crippen LogP contribution in [0.4, 0.5) is 11.4 Å². The Hall–Kier alpha value is -2.64. The number of pyridine rings is 1. The molecule has 0 aliphatic rings. The van der Waals surface area contributed by atoms with Gasteiger partial charge in [0.1, 0.15) is 11.4 Å². The minimum atomic E-state index is -0.492. The average molecular weight is 463 g/mol. The van der Waals surface area contributed by atoms with Gasteiger partial charge in [-0.3, -0.25) is 14.4 Å². The third-order valence-electron chi connectivity index (χ3n) is 4.21. The highest BCUT2D eigenvalue weighted by Gasteiger charge is 2.20. The van der Waals surface area contributed by atoms with Crippen molar-refractivity contribution >= 4 is 61.6 Å². The van der Waals surface area contributed by atoms with Gasteiger partial charge >= 0.3 is 0 Å². The zero-order valence-electron chi connectivity index (χ0n) is 15.0. The number of halogens is 2. The molecule has 8 heteroatoms. The van der Waals surface area contributed by atoms with Crippen molar-refractivity contribution < 1.29 is 9.59 Å². The lowest BCUT2D eigenvalue weighted by atomic mass is 10.1. The molecule has 3 aromatic rings. The maximum Gasteiger partial charge on any atom is 0.263 e. The number of nitrogens with one attached hydrogen (secondary N) is 2. The van der Waals surface area contributed by atoms with Crippen LogP contribution in [-0.2, 0) is 4.79 Å². The monoisotopic (exact) mass is 461 g/mol. The van der Waals surface area contributed by atoms with Crippen LogP contribution in [0.5, 0.6) is 0 Å². The Morgan fingerprint density at radius 1 is 1.18 bits per heavy atom. The molecule has 3 rings (SSSR count). The van der Waals surface area contributed by atoms with Gasteiger partial charge < -0.3 is 15.2 Å². The van der Waals surface area contributed by atoms with Crippen molar-refractivity contribution in [3.63, 3.8) is 0 Å². The lowest BCUT2D eigenvalue weighted by molar-refractivity contribution is -0.113. The van der Waals surface area contributed by atoms with Crippen molar-refractivity contribution in [2.75, 3.05) is 22.6 Å². The summed E-state index contributed by atoms with van der Waals surface area (Å²) in [6.07, 6.45) is 0. The summed E-state index contributed by atoms with van der Waals surface area (Å²) in [7, 11) is 0. The number of H-pyrrole nitrogens is 1. The molecule has 1 heterocycles. The molecule has 6 nitrogen and oxygen atoms in total. The first-order valence-electron chi connectivity index (χ1n) is 8.54. The molecule has 1 aromatic heterocycles. The molecule has 0 saturated carbocycles. The second kappa shape index (κ2) is 8.58. The van der Waals surface area contributed by atoms with E-state index in [9.17, 15) is 14.4 Å². The third kappa shape index (κ3) is 4.10. The minimum absolute atomic E-state index is 0.00941. The summed E-state index contributed by atoms with van der Waals surface area (Å²) >= 11 is 8.93. The maximum absolute atomic E-state index is 13.1. The van der Waals surface area contributed by atoms with E-state index >= 15 is 0 Å². The largest absolute Gasteiger partial charge is 0.324 e. The van der Waals surface area contributed by atoms with Gasteiger partial charge in [0.2, 0.25) is 5.91 Å². The van der Waals surface area contributed by atoms with Gasteiger partial charge in [0.05, 0.1) is 11.2 Å². The summed E-state index contributed by atoms with van der Waals surface area (Å²) in [5.74, 6) is -0.997. The number of benzene rings is 2. The highest BCUT2D eigenvalue weighted by atomic mass is 79.9. The van der Waals surface area contributed by atoms with E-state index in [1.807, 2.05) is 19.1 Å². The predicted molar refractivity (Wildman–Crippen MR) is 115 cm³/mol. The van der Waals surface area contributed by atoms with Crippen LogP contribution in [0.3, 0.4) is 0 Å². The third-order valence-corrected chi connectivity index (χ3v) is 4.98. The normalized spacial score (nSPS) is 10.7. The summed E-state index contributed by atoms with van der Waals surface area (Å²) in [4.78, 5) is 41.6. The van der Waals surface area contributed by atoms with Gasteiger partial charge in [0.15, 0.2) is 0 Å². The minimum Gasteiger partial charge on any atom is -0.324 e. The lowest BCUT2D eigenvalue weighted by Gasteiger charge is -2.21. The predicted octanol–water partition coefficient (Wildman–Crippen LogP) is 4.13. The first-order valence-corrected chi connectivity index (χ1v) is 9.86. The molecule has 0 bridgehead atoms. The van der Waals surface area contributed by atoms with Crippen LogP contribution in [0.15, 0.2) is 57.8 Å². The van der Waals surface area contributed by atoms with Crippen molar-refractivity contribution in [3.8, 4) is 0 Å². The van der Waals surface area contributed by atoms with Crippen molar-refractivity contribution in [1.29, 1.82) is 0 Å². The molecule has 144 valence electrons. The topological polar surface area (TPSA) is 82.3 Å². The summed E-state index contributed by atoms with van der Waals surface area (Å²) < 4.78 is 0.892. The number of aromatic nitrogens is 1. The molecule has 2 aromatic carbocycles. The summed E-state index contributed by atoms with van der Waals surface area (Å²) in [6, 6.07) is 13.8. The molecule has 2 N–H and O–H groups in total. The fourth-order valence-electron chi connectivity index (χ4n) is 2.89. The van der Waals surface area contributed by atoms with Crippen molar-refractivity contribution in [3.05, 3.63) is 68.9 Å². The highest BCUT2D eigenvalue weighted by molar-refractivity contribution is 9.10. The number of carbonyl (C=O) groups is 2. The van der Waals surface area contributed by atoms with Gasteiger partial charge in [0.25, 0.3) is 11.5 Å². The Labute approximate surface area is 174 Å². The van der Waals surface area contributed by atoms with E-state index < -0.39 is 11.5 Å². The Morgan fingerprint density at radius 2 is 1.89 bits per heavy atom. The van der Waals surface area contributed by atoms with E-state index in [0.29, 0.717) is 28.8 Å². The Bertz CT molecular complexity index is 1100. The highest BCUT2D eigenvalue weighted by Crippen LogP contribution is 2.24. The van der Waals surface area contributed by atoms with Gasteiger partial charge in [-0.15, -0.1) is 11.6 Å². The summed E-state index contributed by atoms with van der Waals surface area (Å²) in [6.45, 7) is 2.23. The van der Waals surface area contributed by atoms with Crippen LogP contribution in [0.25, 0.3) is 10.9 Å². The average Bonchev–Trinajstić information content (AvgIpc) is 2.69. The van der Waals surface area contributed by atoms with Crippen molar-refractivity contribution in [2.45, 2.75) is 6.92 Å². The first-order chi connectivity index (χ1) is 13.4. The quantitative estimate of drug-likeness (QED) is 0.559. The van der Waals surface area contributed by atoms with Crippen LogP contribution in [0.2, 0.25) is 0 Å². The molecule has 0 radical (unpaired) electrons. The number of alkyl halides is 1. The van der Waals surface area contributed by atoms with Gasteiger partial charge in [-0.2, -0.15) is 0 Å². The number of rotatable bonds is 5. The van der Waals surface area contributed by atoms with Gasteiger partial charge in [0, 0.05) is 22.1 Å². The lowest BCUT2D eigenvalue weighted by Crippen LogP contribution is -2.34. The zero-order chi connectivity index (χ0) is 20.3. The van der Waals surface area contributed by atoms with E-state index in [2.05, 4.69) is 26.2 Å². The van der Waals surface area contributed by atoms with Crippen molar-refractivity contribution in [2.24, 2.45) is 0 Å². The number of carbonyl (C=O) groups excluding carboxylic acids is 2. The number of aromatic amines is 1. The van der Waals surface area contributed by atoms with E-state index in [1.165, 1.54) is 11.0 Å². The molecular formula is C20H17BrClN3O3. The second-order valence-electron chi connectivity index (χ2n) is 5.99. The number of amides is 2. The second-order valence-corrected chi connectivity index (χ2v) is 7.17. The first kappa shape index (κ1) is 20.1. The molecule has 0 atom stereocenters. The molecule has 0 fully saturated rings. The van der Waals surface area contributed by atoms with Gasteiger partial charge in [-0.1, -0.05) is 22.0 Å². The molecule has 0 aliphatic heterocycles. The van der Waals surface area contributed by atoms with Crippen LogP contribution in [-0.4, -0.2) is 29.2 Å². The van der Waals surface area contributed by atoms with E-state index in [4.69, 9.17) is 11.6 Å². The summed E-state index contributed by atoms with van der Waals surface area (Å²) in [5, 5.41) is 3.23. The molecule has 0 unspecified atom stereocenters. The number of hydrogen-bond donors (Lipinski definition) is 2. The Balaban J connectivity index is 2.08. The molecule has 2 amide bonds. The van der Waals surface area contributed by atoms with E-state index in [-0.39, 0.29) is 17.4 Å². The molecule has 28 heavy (non-hydrogen) atoms. The van der Waals surface area contributed by atoms with E-state index in [1.54, 1.807) is 30.3 Å². The van der Waals surface area contributed by atoms with Gasteiger partial charge in [-0.05, 0) is 49.4 Å². The number of nitrogens with zero attached hydrogens (tertiary/aromatic N) is 1. The van der Waals surface area contributed by atoms with Gasteiger partial charge in [-0.25, -0.2) is 0 Å². The number of anilines is 2. The van der Waals surface area contributed by atoms with Crippen LogP contribution >= 0.6 is 27.5 Å². The zero-order valence-corrected chi connectivity index (χ0v) is 17.3. The molecule has 0 spiro atoms. The Morgan fingerprint density at radius 3 is 2.54 bits per heavy atom. The van der Waals surface area contributed by atoms with Crippen LogP contribution < -0.4 is 15.8 Å². The standard InChI is InChI=1S/C20H17BrClN3O3/c1-2-25(13-8-6-12(21)7-9-13)20(28)15-10-14-16(23-18(26)11-22)4-3-5-17(14)24-19(15)27/h3-10H,2,11H2,1H3,(H,23,26)(H,24,27). The molecule has 0 saturated heterocycles.